The number of aromatic nitrogens is 1. The van der Waals surface area contributed by atoms with Gasteiger partial charge in [-0.05, 0) is 19.9 Å². The molecule has 1 aliphatic heterocycles. The van der Waals surface area contributed by atoms with Crippen LogP contribution in [0.4, 0.5) is 19.0 Å². The number of rotatable bonds is 5. The number of hydrogen-bond acceptors (Lipinski definition) is 2. The second kappa shape index (κ2) is 7.29. The summed E-state index contributed by atoms with van der Waals surface area (Å²) in [7, 11) is 0. The highest BCUT2D eigenvalue weighted by Crippen LogP contribution is 2.21. The van der Waals surface area contributed by atoms with Gasteiger partial charge in [0.1, 0.15) is 0 Å². The number of anilines is 1. The number of quaternary nitrogens is 1. The number of halogens is 3. The van der Waals surface area contributed by atoms with Crippen molar-refractivity contribution in [2.45, 2.75) is 38.9 Å². The van der Waals surface area contributed by atoms with Gasteiger partial charge in [0.15, 0.2) is 0 Å². The molecule has 7 heteroatoms. The third-order valence-electron chi connectivity index (χ3n) is 4.64. The fourth-order valence-corrected chi connectivity index (χ4v) is 3.27. The molecule has 0 amide bonds. The van der Waals surface area contributed by atoms with Gasteiger partial charge in [0.25, 0.3) is 11.6 Å². The zero-order chi connectivity index (χ0) is 17.0. The van der Waals surface area contributed by atoms with E-state index < -0.39 is 12.0 Å². The molecule has 0 bridgehead atoms. The summed E-state index contributed by atoms with van der Waals surface area (Å²) in [5.74, 6) is -1.05. The van der Waals surface area contributed by atoms with Gasteiger partial charge in [0.05, 0.1) is 44.0 Å². The molecule has 2 heterocycles. The standard InChI is InChI=1S/C16H22F3N3O/c1-3-21(4-2)13-7-9-22(10-8-13)14-6-5-12(11-20-14)15(23)16(17,18)19/h5-6,11,13H,3-4,7-10H2,1-2H3/p+2. The average molecular weight is 331 g/mol. The number of carbonyl (C=O) groups is 1. The minimum atomic E-state index is -4.83. The predicted molar refractivity (Wildman–Crippen MR) is 80.7 cm³/mol. The summed E-state index contributed by atoms with van der Waals surface area (Å²) >= 11 is 0. The normalized spacial score (nSPS) is 16.9. The Morgan fingerprint density at radius 3 is 2.30 bits per heavy atom. The Morgan fingerprint density at radius 2 is 1.87 bits per heavy atom. The summed E-state index contributed by atoms with van der Waals surface area (Å²) in [6.07, 6.45) is -1.56. The Bertz CT molecular complexity index is 518. The number of Topliss-reactive ketones (excluding diaryl/α,β-unsaturated/α-hetero) is 1. The molecule has 1 aromatic heterocycles. The Hall–Kier alpha value is -1.63. The van der Waals surface area contributed by atoms with Crippen molar-refractivity contribution in [2.75, 3.05) is 31.1 Å². The molecule has 0 saturated carbocycles. The van der Waals surface area contributed by atoms with Gasteiger partial charge < -0.3 is 4.90 Å². The second-order valence-corrected chi connectivity index (χ2v) is 5.92. The lowest BCUT2D eigenvalue weighted by Crippen LogP contribution is -3.15. The molecule has 2 N–H and O–H groups in total. The van der Waals surface area contributed by atoms with Crippen LogP contribution < -0.4 is 14.8 Å². The summed E-state index contributed by atoms with van der Waals surface area (Å²) in [6.45, 7) is 8.35. The lowest BCUT2D eigenvalue weighted by atomic mass is 10.0. The fraction of sp³-hybridized carbons (Fsp3) is 0.625. The van der Waals surface area contributed by atoms with Gasteiger partial charge in [-0.15, -0.1) is 0 Å². The Kier molecular flexibility index (Phi) is 5.62. The fourth-order valence-electron chi connectivity index (χ4n) is 3.27. The molecule has 1 saturated heterocycles. The molecule has 23 heavy (non-hydrogen) atoms. The van der Waals surface area contributed by atoms with E-state index in [9.17, 15) is 18.0 Å². The average Bonchev–Trinajstić information content (AvgIpc) is 2.55. The van der Waals surface area contributed by atoms with Crippen molar-refractivity contribution in [3.63, 3.8) is 0 Å². The van der Waals surface area contributed by atoms with Crippen molar-refractivity contribution in [2.24, 2.45) is 0 Å². The molecule has 0 spiro atoms. The topological polar surface area (TPSA) is 38.9 Å². The van der Waals surface area contributed by atoms with Crippen molar-refractivity contribution >= 4 is 11.6 Å². The van der Waals surface area contributed by atoms with Crippen molar-refractivity contribution < 1.29 is 27.8 Å². The number of aromatic amines is 1. The van der Waals surface area contributed by atoms with Gasteiger partial charge in [-0.3, -0.25) is 9.69 Å². The number of nitrogens with one attached hydrogen (secondary N) is 2. The largest absolute Gasteiger partial charge is 0.455 e. The van der Waals surface area contributed by atoms with Crippen LogP contribution in [-0.2, 0) is 0 Å². The minimum Gasteiger partial charge on any atom is -0.333 e. The van der Waals surface area contributed by atoms with E-state index in [1.807, 2.05) is 0 Å². The van der Waals surface area contributed by atoms with Crippen LogP contribution in [0.2, 0.25) is 0 Å². The molecule has 0 aromatic carbocycles. The number of carbonyl (C=O) groups excluding carboxylic acids is 1. The molecule has 0 atom stereocenters. The molecule has 0 aliphatic carbocycles. The smallest absolute Gasteiger partial charge is 0.333 e. The molecular weight excluding hydrogens is 307 g/mol. The zero-order valence-corrected chi connectivity index (χ0v) is 13.5. The third-order valence-corrected chi connectivity index (χ3v) is 4.64. The molecule has 2 rings (SSSR count). The monoisotopic (exact) mass is 331 g/mol. The van der Waals surface area contributed by atoms with Gasteiger partial charge in [-0.2, -0.15) is 13.2 Å². The Morgan fingerprint density at radius 1 is 1.26 bits per heavy atom. The lowest BCUT2D eigenvalue weighted by molar-refractivity contribution is -0.922. The summed E-state index contributed by atoms with van der Waals surface area (Å²) in [6, 6.07) is 3.44. The van der Waals surface area contributed by atoms with E-state index in [1.54, 1.807) is 11.0 Å². The maximum Gasteiger partial charge on any atom is 0.455 e. The first-order valence-corrected chi connectivity index (χ1v) is 8.09. The van der Waals surface area contributed by atoms with Crippen LogP contribution in [0.1, 0.15) is 37.0 Å². The maximum atomic E-state index is 12.4. The summed E-state index contributed by atoms with van der Waals surface area (Å²) in [5, 5.41) is 0. The number of ketones is 1. The summed E-state index contributed by atoms with van der Waals surface area (Å²) in [5.41, 5.74) is -0.358. The van der Waals surface area contributed by atoms with Gasteiger partial charge in [0, 0.05) is 18.9 Å². The first kappa shape index (κ1) is 17.7. The molecule has 1 aliphatic rings. The molecule has 128 valence electrons. The molecule has 4 nitrogen and oxygen atoms in total. The molecule has 0 radical (unpaired) electrons. The number of hydrogen-bond donors (Lipinski definition) is 1. The highest BCUT2D eigenvalue weighted by atomic mass is 19.4. The molecule has 0 unspecified atom stereocenters. The van der Waals surface area contributed by atoms with Gasteiger partial charge in [0.2, 0.25) is 0 Å². The molecule has 1 aromatic rings. The number of piperidine rings is 1. The number of alkyl halides is 3. The summed E-state index contributed by atoms with van der Waals surface area (Å²) < 4.78 is 37.2. The van der Waals surface area contributed by atoms with Crippen LogP contribution in [0.15, 0.2) is 18.3 Å². The first-order valence-electron chi connectivity index (χ1n) is 8.09. The SMILES string of the molecule is CC[NH+](CC)C1CCN(c2ccc(C(=O)C(F)(F)F)c[nH+]2)CC1. The van der Waals surface area contributed by atoms with E-state index in [2.05, 4.69) is 23.7 Å². The van der Waals surface area contributed by atoms with Crippen molar-refractivity contribution in [1.29, 1.82) is 0 Å². The van der Waals surface area contributed by atoms with Crippen molar-refractivity contribution in [3.8, 4) is 0 Å². The van der Waals surface area contributed by atoms with E-state index in [-0.39, 0.29) is 5.56 Å². The van der Waals surface area contributed by atoms with E-state index in [4.69, 9.17) is 0 Å². The Balaban J connectivity index is 1.98. The van der Waals surface area contributed by atoms with E-state index in [0.29, 0.717) is 6.04 Å². The number of H-pyrrole nitrogens is 1. The van der Waals surface area contributed by atoms with E-state index in [1.165, 1.54) is 6.07 Å². The van der Waals surface area contributed by atoms with E-state index in [0.717, 1.165) is 51.0 Å². The number of nitrogens with zero attached hydrogens (tertiary/aromatic N) is 1. The van der Waals surface area contributed by atoms with Crippen LogP contribution in [0, 0.1) is 0 Å². The van der Waals surface area contributed by atoms with Crippen molar-refractivity contribution in [1.82, 2.24) is 0 Å². The predicted octanol–water partition coefficient (Wildman–Crippen LogP) is 1.14. The van der Waals surface area contributed by atoms with Gasteiger partial charge >= 0.3 is 6.18 Å². The molecule has 1 fully saturated rings. The van der Waals surface area contributed by atoms with Crippen LogP contribution in [-0.4, -0.2) is 44.2 Å². The zero-order valence-electron chi connectivity index (χ0n) is 13.5. The highest BCUT2D eigenvalue weighted by molar-refractivity contribution is 5.99. The summed E-state index contributed by atoms with van der Waals surface area (Å²) in [4.78, 5) is 17.7. The number of pyridine rings is 1. The van der Waals surface area contributed by atoms with E-state index >= 15 is 0 Å². The van der Waals surface area contributed by atoms with Crippen molar-refractivity contribution in [3.05, 3.63) is 23.9 Å². The van der Waals surface area contributed by atoms with Gasteiger partial charge in [-0.25, -0.2) is 4.98 Å². The second-order valence-electron chi connectivity index (χ2n) is 5.92. The third kappa shape index (κ3) is 4.22. The van der Waals surface area contributed by atoms with Crippen LogP contribution in [0.3, 0.4) is 0 Å². The quantitative estimate of drug-likeness (QED) is 0.822. The minimum absolute atomic E-state index is 0.358. The van der Waals surface area contributed by atoms with Crippen LogP contribution in [0.25, 0.3) is 0 Å². The highest BCUT2D eigenvalue weighted by Gasteiger charge is 2.40. The van der Waals surface area contributed by atoms with Gasteiger partial charge in [-0.1, -0.05) is 0 Å². The lowest BCUT2D eigenvalue weighted by Gasteiger charge is -2.32. The Labute approximate surface area is 134 Å². The maximum absolute atomic E-state index is 12.4. The van der Waals surface area contributed by atoms with Crippen LogP contribution in [0.5, 0.6) is 0 Å². The van der Waals surface area contributed by atoms with Crippen LogP contribution >= 0.6 is 0 Å². The molecular formula is C16H24F3N3O+2. The first-order chi connectivity index (χ1) is 10.9.